The fourth-order valence-corrected chi connectivity index (χ4v) is 6.62. The van der Waals surface area contributed by atoms with Gasteiger partial charge in [0.15, 0.2) is 0 Å². The molecule has 2 aromatic carbocycles. The number of likely N-dealkylation sites (N-methyl/N-ethyl adjacent to an activating group) is 1. The number of aryl methyl sites for hydroxylation is 1. The van der Waals surface area contributed by atoms with E-state index in [1.807, 2.05) is 43.3 Å². The summed E-state index contributed by atoms with van der Waals surface area (Å²) in [4.78, 5) is 48.2. The van der Waals surface area contributed by atoms with Crippen molar-refractivity contribution >= 4 is 28.8 Å². The minimum absolute atomic E-state index is 0.0880. The number of carbonyl (C=O) groups excluding carboxylic acids is 3. The first-order chi connectivity index (χ1) is 22.1. The lowest BCUT2D eigenvalue weighted by molar-refractivity contribution is -0.132. The maximum atomic E-state index is 13.7. The van der Waals surface area contributed by atoms with Crippen molar-refractivity contribution in [3.8, 4) is 5.75 Å². The lowest BCUT2D eigenvalue weighted by Gasteiger charge is -2.38. The van der Waals surface area contributed by atoms with Crippen molar-refractivity contribution < 1.29 is 23.9 Å². The smallest absolute Gasteiger partial charge is 0.270 e. The Balaban J connectivity index is 1.39. The molecule has 1 unspecified atom stereocenters. The van der Waals surface area contributed by atoms with Gasteiger partial charge in [0.25, 0.3) is 5.91 Å². The highest BCUT2D eigenvalue weighted by Crippen LogP contribution is 2.63. The number of amides is 3. The molecule has 46 heavy (non-hydrogen) atoms. The van der Waals surface area contributed by atoms with E-state index in [1.54, 1.807) is 44.9 Å². The third-order valence-electron chi connectivity index (χ3n) is 9.45. The number of fused-ring (bicyclic) bond motifs is 2. The van der Waals surface area contributed by atoms with Gasteiger partial charge in [-0.05, 0) is 63.4 Å². The molecule has 1 aliphatic heterocycles. The van der Waals surface area contributed by atoms with Gasteiger partial charge >= 0.3 is 0 Å². The Kier molecular flexibility index (Phi) is 8.32. The average molecular weight is 628 g/mol. The summed E-state index contributed by atoms with van der Waals surface area (Å²) in [7, 11) is 3.28. The van der Waals surface area contributed by atoms with Crippen LogP contribution in [0.25, 0.3) is 11.0 Å². The van der Waals surface area contributed by atoms with E-state index in [-0.39, 0.29) is 35.7 Å². The number of aromatic nitrogens is 4. The number of nitrogens with zero attached hydrogens (tertiary/aromatic N) is 3. The first kappa shape index (κ1) is 31.3. The number of H-pyrrole nitrogens is 1. The van der Waals surface area contributed by atoms with Crippen molar-refractivity contribution in [1.29, 1.82) is 0 Å². The van der Waals surface area contributed by atoms with Gasteiger partial charge < -0.3 is 30.4 Å². The van der Waals surface area contributed by atoms with Crippen LogP contribution in [0, 0.1) is 5.41 Å². The van der Waals surface area contributed by atoms with E-state index < -0.39 is 17.5 Å². The van der Waals surface area contributed by atoms with Gasteiger partial charge in [-0.2, -0.15) is 5.10 Å². The molecule has 0 radical (unpaired) electrons. The van der Waals surface area contributed by atoms with Crippen LogP contribution in [0.5, 0.6) is 5.75 Å². The number of imidazole rings is 1. The molecule has 12 heteroatoms. The van der Waals surface area contributed by atoms with Crippen LogP contribution >= 0.6 is 0 Å². The number of aromatic amines is 1. The first-order valence-corrected chi connectivity index (χ1v) is 15.7. The Labute approximate surface area is 267 Å². The molecule has 4 atom stereocenters. The van der Waals surface area contributed by atoms with Gasteiger partial charge in [-0.25, -0.2) is 4.98 Å². The molecule has 0 saturated heterocycles. The summed E-state index contributed by atoms with van der Waals surface area (Å²) in [6.45, 7) is 6.41. The van der Waals surface area contributed by atoms with Crippen LogP contribution in [0.4, 0.5) is 0 Å². The number of ether oxygens (including phenoxy) is 2. The molecule has 4 N–H and O–H groups in total. The molecule has 3 amide bonds. The highest BCUT2D eigenvalue weighted by molar-refractivity contribution is 5.94. The summed E-state index contributed by atoms with van der Waals surface area (Å²) < 4.78 is 13.3. The largest absolute Gasteiger partial charge is 0.493 e. The second-order valence-corrected chi connectivity index (χ2v) is 12.7. The van der Waals surface area contributed by atoms with E-state index in [4.69, 9.17) is 14.5 Å². The predicted molar refractivity (Wildman–Crippen MR) is 171 cm³/mol. The average Bonchev–Trinajstić information content (AvgIpc) is 3.46. The Hall–Kier alpha value is -4.71. The summed E-state index contributed by atoms with van der Waals surface area (Å²) in [5.74, 6) is 0.492. The highest BCUT2D eigenvalue weighted by Gasteiger charge is 2.57. The van der Waals surface area contributed by atoms with Crippen LogP contribution in [0.3, 0.4) is 0 Å². The predicted octanol–water partition coefficient (Wildman–Crippen LogP) is 3.27. The number of hydrogen-bond donors (Lipinski definition) is 4. The lowest BCUT2D eigenvalue weighted by Crippen LogP contribution is -2.52. The zero-order valence-electron chi connectivity index (χ0n) is 26.8. The van der Waals surface area contributed by atoms with Crippen molar-refractivity contribution in [2.75, 3.05) is 26.9 Å². The summed E-state index contributed by atoms with van der Waals surface area (Å²) >= 11 is 0. The van der Waals surface area contributed by atoms with Gasteiger partial charge in [0.1, 0.15) is 23.3 Å². The highest BCUT2D eigenvalue weighted by atomic mass is 16.5. The molecule has 2 aliphatic rings. The lowest BCUT2D eigenvalue weighted by atomic mass is 9.76. The zero-order valence-corrected chi connectivity index (χ0v) is 26.8. The third-order valence-corrected chi connectivity index (χ3v) is 9.45. The van der Waals surface area contributed by atoms with E-state index in [0.717, 1.165) is 24.2 Å². The topological polar surface area (TPSA) is 152 Å². The molecule has 1 aliphatic carbocycles. The van der Waals surface area contributed by atoms with Crippen molar-refractivity contribution in [3.05, 3.63) is 77.4 Å². The number of para-hydroxylation sites is 1. The van der Waals surface area contributed by atoms with Gasteiger partial charge in [-0.15, -0.1) is 0 Å². The number of nitrogens with one attached hydrogen (secondary N) is 4. The van der Waals surface area contributed by atoms with Crippen LogP contribution in [-0.4, -0.2) is 70.4 Å². The third kappa shape index (κ3) is 5.61. The van der Waals surface area contributed by atoms with Gasteiger partial charge in [-0.3, -0.25) is 19.1 Å². The molecule has 1 fully saturated rings. The van der Waals surface area contributed by atoms with Gasteiger partial charge in [0.05, 0.1) is 35.7 Å². The van der Waals surface area contributed by atoms with Crippen LogP contribution in [0.2, 0.25) is 0 Å². The van der Waals surface area contributed by atoms with Gasteiger partial charge in [0.2, 0.25) is 11.8 Å². The van der Waals surface area contributed by atoms with Crippen molar-refractivity contribution in [1.82, 2.24) is 35.7 Å². The molecule has 2 aromatic heterocycles. The minimum Gasteiger partial charge on any atom is -0.493 e. The quantitative estimate of drug-likeness (QED) is 0.199. The molecular weight excluding hydrogens is 586 g/mol. The maximum Gasteiger partial charge on any atom is 0.270 e. The normalized spacial score (nSPS) is 18.9. The number of carbonyl (C=O) groups is 3. The minimum atomic E-state index is -1.10. The van der Waals surface area contributed by atoms with Crippen LogP contribution < -0.4 is 20.7 Å². The summed E-state index contributed by atoms with van der Waals surface area (Å²) in [5, 5.41) is 13.1. The van der Waals surface area contributed by atoms with Gasteiger partial charge in [0, 0.05) is 43.8 Å². The van der Waals surface area contributed by atoms with E-state index >= 15 is 0 Å². The van der Waals surface area contributed by atoms with Crippen molar-refractivity contribution in [3.63, 3.8) is 0 Å². The second-order valence-electron chi connectivity index (χ2n) is 12.7. The number of rotatable bonds is 11. The van der Waals surface area contributed by atoms with Crippen LogP contribution in [-0.2, 0) is 26.8 Å². The van der Waals surface area contributed by atoms with Crippen molar-refractivity contribution in [2.45, 2.75) is 57.0 Å². The molecule has 242 valence electrons. The Morgan fingerprint density at radius 3 is 2.65 bits per heavy atom. The Bertz CT molecular complexity index is 1780. The summed E-state index contributed by atoms with van der Waals surface area (Å²) in [6, 6.07) is 14.1. The summed E-state index contributed by atoms with van der Waals surface area (Å²) in [6.07, 6.45) is 3.56. The SMILES string of the molecule is CCNC(=O)[C@@H](C)NC(=O)C(C)(COC)c1ccc2nc([C@@H](NC(=O)c3ccnn3C)[C@@H]3c4ccccc4OCC34CC4)[nH]c2c1. The van der Waals surface area contributed by atoms with E-state index in [9.17, 15) is 14.4 Å². The van der Waals surface area contributed by atoms with E-state index in [1.165, 1.54) is 0 Å². The molecule has 0 bridgehead atoms. The molecule has 12 nitrogen and oxygen atoms in total. The Morgan fingerprint density at radius 2 is 1.96 bits per heavy atom. The molecule has 1 spiro atoms. The number of methoxy groups -OCH3 is 1. The van der Waals surface area contributed by atoms with Crippen molar-refractivity contribution in [2.24, 2.45) is 12.5 Å². The second kappa shape index (κ2) is 12.2. The first-order valence-electron chi connectivity index (χ1n) is 15.7. The number of benzene rings is 2. The molecule has 6 rings (SSSR count). The molecule has 1 saturated carbocycles. The maximum absolute atomic E-state index is 13.7. The standard InChI is InChI=1S/C34H41N7O5/c1-6-35-30(42)20(2)37-32(44)33(3,18-45-5)21-11-12-23-24(17-21)39-29(38-23)28(40-31(43)25-13-16-36-41(25)4)27-22-9-7-8-10-26(22)46-19-34(27)14-15-34/h7-13,16-17,20,27-28H,6,14-15,18-19H2,1-5H3,(H,35,42)(H,37,44)(H,38,39)(H,40,43)/t20-,27+,28+,33?/m1/s1. The monoisotopic (exact) mass is 627 g/mol. The fourth-order valence-electron chi connectivity index (χ4n) is 6.62. The van der Waals surface area contributed by atoms with Crippen LogP contribution in [0.1, 0.15) is 73.0 Å². The number of hydrogen-bond acceptors (Lipinski definition) is 7. The molecule has 4 aromatic rings. The zero-order chi connectivity index (χ0) is 32.6. The summed E-state index contributed by atoms with van der Waals surface area (Å²) in [5.41, 5.74) is 2.36. The molecular formula is C34H41N7O5. The van der Waals surface area contributed by atoms with E-state index in [0.29, 0.717) is 41.3 Å². The van der Waals surface area contributed by atoms with E-state index in [2.05, 4.69) is 32.1 Å². The van der Waals surface area contributed by atoms with Crippen LogP contribution in [0.15, 0.2) is 54.7 Å². The fraction of sp³-hybridized carbons (Fsp3) is 0.441. The Morgan fingerprint density at radius 1 is 1.17 bits per heavy atom. The van der Waals surface area contributed by atoms with Gasteiger partial charge in [-0.1, -0.05) is 24.3 Å². The molecule has 3 heterocycles.